The maximum atomic E-state index is 2.49. The maximum absolute atomic E-state index is 2.49. The molecule has 0 saturated carbocycles. The monoisotopic (exact) mass is 329 g/mol. The van der Waals surface area contributed by atoms with E-state index >= 15 is 0 Å². The second-order valence-corrected chi connectivity index (χ2v) is 8.51. The fraction of sp³-hybridized carbons (Fsp3) is 0.182. The maximum Gasteiger partial charge on any atom is 0.0511 e. The van der Waals surface area contributed by atoms with Crippen molar-refractivity contribution >= 4 is 53.3 Å². The van der Waals surface area contributed by atoms with Gasteiger partial charge in [0.15, 0.2) is 0 Å². The molecule has 0 N–H and O–H groups in total. The Balaban J connectivity index is 2.11. The van der Waals surface area contributed by atoms with Crippen molar-refractivity contribution in [2.45, 2.75) is 26.3 Å². The van der Waals surface area contributed by atoms with Gasteiger partial charge in [-0.15, -0.1) is 11.3 Å². The van der Waals surface area contributed by atoms with Gasteiger partial charge in [0.1, 0.15) is 0 Å². The Labute approximate surface area is 145 Å². The lowest BCUT2D eigenvalue weighted by atomic mass is 10.1. The Kier molecular flexibility index (Phi) is 2.70. The third kappa shape index (κ3) is 1.75. The molecule has 0 saturated heterocycles. The van der Waals surface area contributed by atoms with Crippen LogP contribution in [0.15, 0.2) is 60.7 Å². The Hall–Kier alpha value is -2.32. The average Bonchev–Trinajstić information content (AvgIpc) is 3.09. The van der Waals surface area contributed by atoms with Crippen LogP contribution in [-0.2, 0) is 5.54 Å². The molecule has 1 nitrogen and oxygen atoms in total. The highest BCUT2D eigenvalue weighted by Gasteiger charge is 2.22. The van der Waals surface area contributed by atoms with Crippen molar-refractivity contribution < 1.29 is 0 Å². The van der Waals surface area contributed by atoms with Crippen LogP contribution in [0.5, 0.6) is 0 Å². The zero-order valence-corrected chi connectivity index (χ0v) is 14.9. The second-order valence-electron chi connectivity index (χ2n) is 7.46. The molecule has 5 rings (SSSR count). The van der Waals surface area contributed by atoms with E-state index in [0.29, 0.717) is 0 Å². The Morgan fingerprint density at radius 2 is 1.42 bits per heavy atom. The van der Waals surface area contributed by atoms with E-state index in [0.717, 1.165) is 0 Å². The summed E-state index contributed by atoms with van der Waals surface area (Å²) >= 11 is 1.92. The minimum Gasteiger partial charge on any atom is -0.335 e. The van der Waals surface area contributed by atoms with Gasteiger partial charge in [-0.25, -0.2) is 0 Å². The van der Waals surface area contributed by atoms with E-state index in [-0.39, 0.29) is 5.54 Å². The Morgan fingerprint density at radius 3 is 2.21 bits per heavy atom. The summed E-state index contributed by atoms with van der Waals surface area (Å²) in [6.07, 6.45) is 0. The first-order valence-electron chi connectivity index (χ1n) is 8.39. The molecule has 24 heavy (non-hydrogen) atoms. The first kappa shape index (κ1) is 14.1. The normalized spacial score (nSPS) is 12.8. The number of hydrogen-bond donors (Lipinski definition) is 0. The summed E-state index contributed by atoms with van der Waals surface area (Å²) in [6, 6.07) is 22.2. The fourth-order valence-electron chi connectivity index (χ4n) is 3.96. The molecule has 118 valence electrons. The second kappa shape index (κ2) is 4.61. The topological polar surface area (TPSA) is 4.93 Å². The summed E-state index contributed by atoms with van der Waals surface area (Å²) < 4.78 is 5.27. The zero-order chi connectivity index (χ0) is 16.5. The third-order valence-corrected chi connectivity index (χ3v) is 6.06. The van der Waals surface area contributed by atoms with E-state index in [1.807, 2.05) is 11.3 Å². The van der Waals surface area contributed by atoms with Crippen LogP contribution in [0.4, 0.5) is 0 Å². The summed E-state index contributed by atoms with van der Waals surface area (Å²) in [7, 11) is 0. The van der Waals surface area contributed by atoms with Gasteiger partial charge in [0, 0.05) is 42.0 Å². The molecule has 0 spiro atoms. The van der Waals surface area contributed by atoms with Crippen molar-refractivity contribution in [3.63, 3.8) is 0 Å². The highest BCUT2D eigenvalue weighted by atomic mass is 32.1. The summed E-state index contributed by atoms with van der Waals surface area (Å²) in [5, 5.41) is 5.51. The quantitative estimate of drug-likeness (QED) is 0.291. The van der Waals surface area contributed by atoms with Crippen molar-refractivity contribution in [3.05, 3.63) is 60.7 Å². The lowest BCUT2D eigenvalue weighted by Gasteiger charge is -2.24. The summed E-state index contributed by atoms with van der Waals surface area (Å²) in [6.45, 7) is 6.86. The van der Waals surface area contributed by atoms with Gasteiger partial charge in [-0.2, -0.15) is 0 Å². The summed E-state index contributed by atoms with van der Waals surface area (Å²) in [4.78, 5) is 0. The summed E-state index contributed by atoms with van der Waals surface area (Å²) in [5.74, 6) is 0. The van der Waals surface area contributed by atoms with E-state index < -0.39 is 0 Å². The van der Waals surface area contributed by atoms with Crippen molar-refractivity contribution in [2.24, 2.45) is 0 Å². The van der Waals surface area contributed by atoms with Gasteiger partial charge in [0.05, 0.1) is 5.52 Å². The Morgan fingerprint density at radius 1 is 0.708 bits per heavy atom. The first-order chi connectivity index (χ1) is 11.6. The van der Waals surface area contributed by atoms with Crippen molar-refractivity contribution in [1.29, 1.82) is 0 Å². The van der Waals surface area contributed by atoms with Gasteiger partial charge >= 0.3 is 0 Å². The third-order valence-electron chi connectivity index (χ3n) is 4.85. The zero-order valence-electron chi connectivity index (χ0n) is 14.1. The standard InChI is InChI=1S/C22H19NS/c1-22(2,3)23-17-10-6-4-9-16(17)20-18(23)13-12-15-14-8-5-7-11-19(14)24-21(15)20/h4-13H,1-3H3. The molecule has 3 aromatic carbocycles. The van der Waals surface area contributed by atoms with Crippen LogP contribution >= 0.6 is 11.3 Å². The highest BCUT2D eigenvalue weighted by Crippen LogP contribution is 2.43. The van der Waals surface area contributed by atoms with E-state index in [1.54, 1.807) is 0 Å². The van der Waals surface area contributed by atoms with Crippen LogP contribution in [0, 0.1) is 0 Å². The number of para-hydroxylation sites is 1. The minimum absolute atomic E-state index is 0.0473. The number of benzene rings is 3. The number of nitrogens with zero attached hydrogens (tertiary/aromatic N) is 1. The molecule has 2 heteroatoms. The van der Waals surface area contributed by atoms with Crippen LogP contribution in [0.25, 0.3) is 42.0 Å². The lowest BCUT2D eigenvalue weighted by Crippen LogP contribution is -2.21. The van der Waals surface area contributed by atoms with Gasteiger partial charge in [-0.05, 0) is 39.0 Å². The van der Waals surface area contributed by atoms with Crippen LogP contribution < -0.4 is 0 Å². The van der Waals surface area contributed by atoms with Crippen molar-refractivity contribution in [1.82, 2.24) is 4.57 Å². The lowest BCUT2D eigenvalue weighted by molar-refractivity contribution is 0.423. The number of aromatic nitrogens is 1. The SMILES string of the molecule is CC(C)(C)n1c2ccccc2c2c3sc4ccccc4c3ccc21. The molecular formula is C22H19NS. The van der Waals surface area contributed by atoms with E-state index in [4.69, 9.17) is 0 Å². The smallest absolute Gasteiger partial charge is 0.0511 e. The first-order valence-corrected chi connectivity index (χ1v) is 9.21. The Bertz CT molecular complexity index is 1230. The molecule has 0 aliphatic heterocycles. The van der Waals surface area contributed by atoms with Crippen molar-refractivity contribution in [3.8, 4) is 0 Å². The predicted octanol–water partition coefficient (Wildman–Crippen LogP) is 6.92. The van der Waals surface area contributed by atoms with Gasteiger partial charge in [0.2, 0.25) is 0 Å². The van der Waals surface area contributed by atoms with E-state index in [1.165, 1.54) is 42.0 Å². The van der Waals surface area contributed by atoms with Gasteiger partial charge in [-0.3, -0.25) is 0 Å². The minimum atomic E-state index is 0.0473. The van der Waals surface area contributed by atoms with Crippen molar-refractivity contribution in [2.75, 3.05) is 0 Å². The molecule has 0 radical (unpaired) electrons. The molecular weight excluding hydrogens is 310 g/mol. The molecule has 0 unspecified atom stereocenters. The predicted molar refractivity (Wildman–Crippen MR) is 107 cm³/mol. The number of fused-ring (bicyclic) bond motifs is 7. The number of thiophene rings is 1. The fourth-order valence-corrected chi connectivity index (χ4v) is 5.22. The van der Waals surface area contributed by atoms with Gasteiger partial charge in [0.25, 0.3) is 0 Å². The van der Waals surface area contributed by atoms with Gasteiger partial charge < -0.3 is 4.57 Å². The summed E-state index contributed by atoms with van der Waals surface area (Å²) in [5.41, 5.74) is 2.71. The molecule has 0 aliphatic rings. The molecule has 0 fully saturated rings. The number of rotatable bonds is 0. The molecule has 0 aliphatic carbocycles. The largest absolute Gasteiger partial charge is 0.335 e. The molecule has 5 aromatic rings. The van der Waals surface area contributed by atoms with E-state index in [2.05, 4.69) is 86.0 Å². The van der Waals surface area contributed by atoms with Crippen LogP contribution in [0.1, 0.15) is 20.8 Å². The van der Waals surface area contributed by atoms with Gasteiger partial charge in [-0.1, -0.05) is 42.5 Å². The number of hydrogen-bond acceptors (Lipinski definition) is 1. The molecule has 0 atom stereocenters. The van der Waals surface area contributed by atoms with Crippen LogP contribution in [-0.4, -0.2) is 4.57 Å². The van der Waals surface area contributed by atoms with Crippen LogP contribution in [0.2, 0.25) is 0 Å². The molecule has 0 amide bonds. The van der Waals surface area contributed by atoms with Crippen LogP contribution in [0.3, 0.4) is 0 Å². The molecule has 2 aromatic heterocycles. The molecule has 0 bridgehead atoms. The highest BCUT2D eigenvalue weighted by molar-refractivity contribution is 7.26. The average molecular weight is 329 g/mol. The van der Waals surface area contributed by atoms with E-state index in [9.17, 15) is 0 Å². The molecule has 2 heterocycles.